The van der Waals surface area contributed by atoms with Gasteiger partial charge in [0.1, 0.15) is 4.21 Å². The summed E-state index contributed by atoms with van der Waals surface area (Å²) in [6, 6.07) is 9.29. The summed E-state index contributed by atoms with van der Waals surface area (Å²) >= 11 is 1.22. The van der Waals surface area contributed by atoms with Gasteiger partial charge in [-0.1, -0.05) is 0 Å². The Kier molecular flexibility index (Phi) is 5.95. The molecule has 2 aromatic rings. The van der Waals surface area contributed by atoms with Gasteiger partial charge < -0.3 is 5.32 Å². The van der Waals surface area contributed by atoms with Gasteiger partial charge in [-0.2, -0.15) is 4.31 Å². The quantitative estimate of drug-likeness (QED) is 0.767. The average Bonchev–Trinajstić information content (AvgIpc) is 3.09. The molecule has 152 valence electrons. The standard InChI is InChI=1S/C18H22N2O5S3/c1-13-5-10-17(26-13)28(24,25)20-11-3-4-14(12-20)18(21)19-15-6-8-16(9-7-15)27(2,22)23/h5-10,14H,3-4,11-12H2,1-2H3,(H,19,21). The van der Waals surface area contributed by atoms with Crippen molar-refractivity contribution in [2.75, 3.05) is 24.7 Å². The number of nitrogens with zero attached hydrogens (tertiary/aromatic N) is 1. The van der Waals surface area contributed by atoms with Gasteiger partial charge in [0.2, 0.25) is 5.91 Å². The van der Waals surface area contributed by atoms with Crippen LogP contribution in [0.3, 0.4) is 0 Å². The molecule has 1 amide bonds. The SMILES string of the molecule is Cc1ccc(S(=O)(=O)N2CCCC(C(=O)Nc3ccc(S(C)(=O)=O)cc3)C2)s1. The fraction of sp³-hybridized carbons (Fsp3) is 0.389. The number of piperidine rings is 1. The van der Waals surface area contributed by atoms with Crippen molar-refractivity contribution in [2.45, 2.75) is 28.9 Å². The van der Waals surface area contributed by atoms with Gasteiger partial charge >= 0.3 is 0 Å². The van der Waals surface area contributed by atoms with E-state index in [9.17, 15) is 21.6 Å². The van der Waals surface area contributed by atoms with Crippen molar-refractivity contribution in [3.05, 3.63) is 41.3 Å². The average molecular weight is 443 g/mol. The molecule has 0 radical (unpaired) electrons. The van der Waals surface area contributed by atoms with Gasteiger partial charge in [0.25, 0.3) is 10.0 Å². The largest absolute Gasteiger partial charge is 0.326 e. The van der Waals surface area contributed by atoms with Crippen LogP contribution in [0.5, 0.6) is 0 Å². The predicted molar refractivity (Wildman–Crippen MR) is 109 cm³/mol. The topological polar surface area (TPSA) is 101 Å². The maximum absolute atomic E-state index is 12.8. The third kappa shape index (κ3) is 4.62. The molecular formula is C18H22N2O5S3. The second-order valence-corrected chi connectivity index (χ2v) is 12.3. The van der Waals surface area contributed by atoms with E-state index in [0.717, 1.165) is 11.1 Å². The highest BCUT2D eigenvalue weighted by molar-refractivity contribution is 7.91. The van der Waals surface area contributed by atoms with E-state index < -0.39 is 25.8 Å². The normalized spacial score (nSPS) is 18.7. The number of sulfone groups is 1. The molecule has 1 unspecified atom stereocenters. The maximum atomic E-state index is 12.8. The van der Waals surface area contributed by atoms with Gasteiger partial charge in [0, 0.05) is 29.9 Å². The summed E-state index contributed by atoms with van der Waals surface area (Å²) in [6.45, 7) is 2.38. The lowest BCUT2D eigenvalue weighted by Gasteiger charge is -2.30. The van der Waals surface area contributed by atoms with E-state index >= 15 is 0 Å². The highest BCUT2D eigenvalue weighted by Crippen LogP contribution is 2.28. The molecule has 0 spiro atoms. The van der Waals surface area contributed by atoms with Crippen LogP contribution in [-0.2, 0) is 24.7 Å². The van der Waals surface area contributed by atoms with Crippen molar-refractivity contribution < 1.29 is 21.6 Å². The van der Waals surface area contributed by atoms with Crippen molar-refractivity contribution in [1.29, 1.82) is 0 Å². The Balaban J connectivity index is 1.69. The third-order valence-corrected chi connectivity index (χ3v) is 9.08. The molecule has 1 fully saturated rings. The number of nitrogens with one attached hydrogen (secondary N) is 1. The van der Waals surface area contributed by atoms with E-state index in [1.165, 1.54) is 39.9 Å². The molecule has 0 saturated carbocycles. The van der Waals surface area contributed by atoms with Crippen molar-refractivity contribution in [3.63, 3.8) is 0 Å². The highest BCUT2D eigenvalue weighted by atomic mass is 32.2. The number of rotatable bonds is 5. The summed E-state index contributed by atoms with van der Waals surface area (Å²) in [5, 5.41) is 2.75. The van der Waals surface area contributed by atoms with Crippen LogP contribution in [0.2, 0.25) is 0 Å². The van der Waals surface area contributed by atoms with Crippen LogP contribution in [0.25, 0.3) is 0 Å². The number of carbonyl (C=O) groups excluding carboxylic acids is 1. The van der Waals surface area contributed by atoms with Crippen molar-refractivity contribution >= 4 is 42.8 Å². The number of sulfonamides is 1. The zero-order chi connectivity index (χ0) is 20.5. The van der Waals surface area contributed by atoms with Crippen molar-refractivity contribution in [3.8, 4) is 0 Å². The number of benzene rings is 1. The number of carbonyl (C=O) groups is 1. The molecule has 1 aliphatic heterocycles. The zero-order valence-corrected chi connectivity index (χ0v) is 18.0. The molecule has 28 heavy (non-hydrogen) atoms. The molecule has 0 aliphatic carbocycles. The molecule has 7 nitrogen and oxygen atoms in total. The summed E-state index contributed by atoms with van der Waals surface area (Å²) in [4.78, 5) is 13.7. The lowest BCUT2D eigenvalue weighted by molar-refractivity contribution is -0.120. The monoisotopic (exact) mass is 442 g/mol. The fourth-order valence-corrected chi connectivity index (χ4v) is 6.67. The first-order valence-electron chi connectivity index (χ1n) is 8.75. The van der Waals surface area contributed by atoms with Gasteiger partial charge in [-0.05, 0) is 56.2 Å². The minimum absolute atomic E-state index is 0.131. The number of amides is 1. The summed E-state index contributed by atoms with van der Waals surface area (Å²) in [5.41, 5.74) is 0.478. The van der Waals surface area contributed by atoms with Crippen LogP contribution in [0.1, 0.15) is 17.7 Å². The summed E-state index contributed by atoms with van der Waals surface area (Å²) in [5.74, 6) is -0.728. The Morgan fingerprint density at radius 2 is 1.79 bits per heavy atom. The first-order chi connectivity index (χ1) is 13.1. The van der Waals surface area contributed by atoms with E-state index in [-0.39, 0.29) is 17.3 Å². The zero-order valence-electron chi connectivity index (χ0n) is 15.6. The Bertz CT molecular complexity index is 1070. The minimum atomic E-state index is -3.60. The third-order valence-electron chi connectivity index (χ3n) is 4.61. The number of aryl methyl sites for hydroxylation is 1. The summed E-state index contributed by atoms with van der Waals surface area (Å²) in [7, 11) is -6.90. The second-order valence-electron chi connectivity index (χ2n) is 6.85. The van der Waals surface area contributed by atoms with Crippen LogP contribution < -0.4 is 5.32 Å². The van der Waals surface area contributed by atoms with Crippen LogP contribution in [0.4, 0.5) is 5.69 Å². The molecule has 1 aromatic carbocycles. The maximum Gasteiger partial charge on any atom is 0.252 e. The number of hydrogen-bond acceptors (Lipinski definition) is 6. The molecular weight excluding hydrogens is 420 g/mol. The molecule has 10 heteroatoms. The Morgan fingerprint density at radius 1 is 1.11 bits per heavy atom. The van der Waals surface area contributed by atoms with E-state index in [1.807, 2.05) is 6.92 Å². The van der Waals surface area contributed by atoms with Gasteiger partial charge in [-0.3, -0.25) is 4.79 Å². The fourth-order valence-electron chi connectivity index (χ4n) is 3.08. The molecule has 2 heterocycles. The number of anilines is 1. The molecule has 3 rings (SSSR count). The van der Waals surface area contributed by atoms with Crippen molar-refractivity contribution in [1.82, 2.24) is 4.31 Å². The Morgan fingerprint density at radius 3 is 2.36 bits per heavy atom. The van der Waals surface area contributed by atoms with Crippen LogP contribution >= 0.6 is 11.3 Å². The van der Waals surface area contributed by atoms with E-state index in [1.54, 1.807) is 12.1 Å². The lowest BCUT2D eigenvalue weighted by atomic mass is 9.99. The smallest absolute Gasteiger partial charge is 0.252 e. The molecule has 1 aliphatic rings. The lowest BCUT2D eigenvalue weighted by Crippen LogP contribution is -2.43. The first-order valence-corrected chi connectivity index (χ1v) is 12.9. The van der Waals surface area contributed by atoms with Gasteiger partial charge in [-0.15, -0.1) is 11.3 Å². The molecule has 1 saturated heterocycles. The summed E-state index contributed by atoms with van der Waals surface area (Å²) < 4.78 is 50.3. The van der Waals surface area contributed by atoms with Gasteiger partial charge in [-0.25, -0.2) is 16.8 Å². The van der Waals surface area contributed by atoms with Gasteiger partial charge in [0.05, 0.1) is 10.8 Å². The van der Waals surface area contributed by atoms with Crippen LogP contribution in [0.15, 0.2) is 45.5 Å². The molecule has 1 N–H and O–H groups in total. The second kappa shape index (κ2) is 7.94. The van der Waals surface area contributed by atoms with E-state index in [4.69, 9.17) is 0 Å². The van der Waals surface area contributed by atoms with E-state index in [0.29, 0.717) is 29.3 Å². The highest BCUT2D eigenvalue weighted by Gasteiger charge is 2.34. The van der Waals surface area contributed by atoms with Crippen molar-refractivity contribution in [2.24, 2.45) is 5.92 Å². The predicted octanol–water partition coefficient (Wildman–Crippen LogP) is 2.50. The van der Waals surface area contributed by atoms with E-state index in [2.05, 4.69) is 5.32 Å². The molecule has 1 atom stereocenters. The minimum Gasteiger partial charge on any atom is -0.326 e. The number of hydrogen-bond donors (Lipinski definition) is 1. The summed E-state index contributed by atoms with van der Waals surface area (Å²) in [6.07, 6.45) is 2.32. The van der Waals surface area contributed by atoms with Crippen LogP contribution in [-0.4, -0.2) is 46.4 Å². The Hall–Kier alpha value is -1.75. The molecule has 1 aromatic heterocycles. The Labute approximate surface area is 169 Å². The first kappa shape index (κ1) is 21.0. The molecule has 0 bridgehead atoms. The number of thiophene rings is 1. The van der Waals surface area contributed by atoms with Gasteiger partial charge in [0.15, 0.2) is 9.84 Å². The van der Waals surface area contributed by atoms with Crippen LogP contribution in [0, 0.1) is 12.8 Å².